The summed E-state index contributed by atoms with van der Waals surface area (Å²) < 4.78 is 37.3. The minimum absolute atomic E-state index is 0.0142. The zero-order valence-electron chi connectivity index (χ0n) is 11.5. The van der Waals surface area contributed by atoms with Gasteiger partial charge in [0.1, 0.15) is 0 Å². The van der Waals surface area contributed by atoms with Crippen molar-refractivity contribution in [3.8, 4) is 0 Å². The van der Waals surface area contributed by atoms with Crippen LogP contribution in [0.15, 0.2) is 24.3 Å². The number of carbonyl (C=O) groups is 1. The molecule has 1 fully saturated rings. The second-order valence-electron chi connectivity index (χ2n) is 5.62. The van der Waals surface area contributed by atoms with Gasteiger partial charge in [-0.05, 0) is 37.1 Å². The van der Waals surface area contributed by atoms with Crippen LogP contribution >= 0.6 is 0 Å². The van der Waals surface area contributed by atoms with E-state index in [-0.39, 0.29) is 17.6 Å². The Morgan fingerprint density at radius 3 is 2.24 bits per heavy atom. The summed E-state index contributed by atoms with van der Waals surface area (Å²) in [4.78, 5) is 11.9. The summed E-state index contributed by atoms with van der Waals surface area (Å²) in [6.45, 7) is 0.365. The molecule has 0 spiro atoms. The van der Waals surface area contributed by atoms with Crippen molar-refractivity contribution < 1.29 is 23.1 Å². The van der Waals surface area contributed by atoms with Crippen molar-refractivity contribution in [1.29, 1.82) is 0 Å². The number of rotatable bonds is 4. The summed E-state index contributed by atoms with van der Waals surface area (Å²) in [7, 11) is 0. The Hall–Kier alpha value is -1.56. The van der Waals surface area contributed by atoms with Gasteiger partial charge in [0.25, 0.3) is 5.91 Å². The van der Waals surface area contributed by atoms with Gasteiger partial charge in [-0.1, -0.05) is 12.8 Å². The second-order valence-corrected chi connectivity index (χ2v) is 5.62. The molecule has 0 aliphatic heterocycles. The first-order valence-corrected chi connectivity index (χ1v) is 6.93. The third-order valence-electron chi connectivity index (χ3n) is 4.10. The number of alkyl halides is 3. The predicted molar refractivity (Wildman–Crippen MR) is 71.8 cm³/mol. The Labute approximate surface area is 121 Å². The molecule has 1 aromatic rings. The van der Waals surface area contributed by atoms with Crippen molar-refractivity contribution in [3.63, 3.8) is 0 Å². The van der Waals surface area contributed by atoms with Gasteiger partial charge in [0.05, 0.1) is 12.2 Å². The highest BCUT2D eigenvalue weighted by molar-refractivity contribution is 5.94. The maximum Gasteiger partial charge on any atom is 0.416 e. The molecule has 0 saturated heterocycles. The number of carbonyl (C=O) groups excluding carboxylic acids is 1. The fourth-order valence-electron chi connectivity index (χ4n) is 2.70. The highest BCUT2D eigenvalue weighted by Crippen LogP contribution is 2.37. The molecular weight excluding hydrogens is 283 g/mol. The van der Waals surface area contributed by atoms with E-state index in [0.29, 0.717) is 6.54 Å². The van der Waals surface area contributed by atoms with E-state index in [1.165, 1.54) is 12.1 Å². The van der Waals surface area contributed by atoms with Gasteiger partial charge in [0, 0.05) is 17.5 Å². The lowest BCUT2D eigenvalue weighted by Gasteiger charge is -2.26. The highest BCUT2D eigenvalue weighted by atomic mass is 19.4. The maximum absolute atomic E-state index is 12.4. The molecule has 2 N–H and O–H groups in total. The number of aliphatic hydroxyl groups excluding tert-OH is 1. The molecule has 116 valence electrons. The van der Waals surface area contributed by atoms with Crippen LogP contribution < -0.4 is 5.32 Å². The molecule has 0 radical (unpaired) electrons. The molecule has 0 heterocycles. The fourth-order valence-corrected chi connectivity index (χ4v) is 2.70. The van der Waals surface area contributed by atoms with Crippen molar-refractivity contribution in [3.05, 3.63) is 35.4 Å². The summed E-state index contributed by atoms with van der Waals surface area (Å²) in [5.41, 5.74) is -0.863. The van der Waals surface area contributed by atoms with Crippen LogP contribution in [0.2, 0.25) is 0 Å². The first kappa shape index (κ1) is 15.8. The van der Waals surface area contributed by atoms with Crippen molar-refractivity contribution in [2.75, 3.05) is 13.2 Å². The van der Waals surface area contributed by atoms with Gasteiger partial charge in [0.15, 0.2) is 0 Å². The fraction of sp³-hybridized carbons (Fsp3) is 0.533. The number of halogens is 3. The van der Waals surface area contributed by atoms with Crippen LogP contribution in [0.4, 0.5) is 13.2 Å². The topological polar surface area (TPSA) is 49.3 Å². The van der Waals surface area contributed by atoms with E-state index in [1.54, 1.807) is 0 Å². The van der Waals surface area contributed by atoms with Crippen molar-refractivity contribution in [1.82, 2.24) is 5.32 Å². The SMILES string of the molecule is O=C(NCC1(CO)CCCC1)c1ccc(C(F)(F)F)cc1. The smallest absolute Gasteiger partial charge is 0.396 e. The van der Waals surface area contributed by atoms with E-state index in [2.05, 4.69) is 5.32 Å². The lowest BCUT2D eigenvalue weighted by molar-refractivity contribution is -0.137. The molecule has 0 bridgehead atoms. The molecule has 0 unspecified atom stereocenters. The second kappa shape index (κ2) is 6.05. The van der Waals surface area contributed by atoms with Crippen LogP contribution in [-0.4, -0.2) is 24.2 Å². The molecule has 21 heavy (non-hydrogen) atoms. The molecule has 0 atom stereocenters. The summed E-state index contributed by atoms with van der Waals surface area (Å²) in [5, 5.41) is 12.2. The third kappa shape index (κ3) is 3.75. The molecule has 2 rings (SSSR count). The largest absolute Gasteiger partial charge is 0.416 e. The average Bonchev–Trinajstić information content (AvgIpc) is 2.93. The number of amides is 1. The predicted octanol–water partition coefficient (Wildman–Crippen LogP) is 2.99. The van der Waals surface area contributed by atoms with Crippen LogP contribution in [0.3, 0.4) is 0 Å². The minimum atomic E-state index is -4.40. The Kier molecular flexibility index (Phi) is 4.56. The molecule has 1 aliphatic rings. The molecule has 3 nitrogen and oxygen atoms in total. The van der Waals surface area contributed by atoms with E-state index >= 15 is 0 Å². The van der Waals surface area contributed by atoms with Gasteiger partial charge in [0.2, 0.25) is 0 Å². The number of benzene rings is 1. The van der Waals surface area contributed by atoms with Crippen LogP contribution in [0.5, 0.6) is 0 Å². The average molecular weight is 301 g/mol. The summed E-state index contributed by atoms with van der Waals surface area (Å²) in [6.07, 6.45) is -0.638. The van der Waals surface area contributed by atoms with Gasteiger partial charge in [-0.15, -0.1) is 0 Å². The van der Waals surface area contributed by atoms with Crippen molar-refractivity contribution in [2.45, 2.75) is 31.9 Å². The van der Waals surface area contributed by atoms with Gasteiger partial charge in [-0.25, -0.2) is 0 Å². The van der Waals surface area contributed by atoms with Crippen LogP contribution in [-0.2, 0) is 6.18 Å². The molecule has 1 saturated carbocycles. The lowest BCUT2D eigenvalue weighted by atomic mass is 9.87. The molecule has 1 aliphatic carbocycles. The third-order valence-corrected chi connectivity index (χ3v) is 4.10. The summed E-state index contributed by atoms with van der Waals surface area (Å²) in [6, 6.07) is 4.12. The lowest BCUT2D eigenvalue weighted by Crippen LogP contribution is -2.38. The van der Waals surface area contributed by atoms with E-state index in [0.717, 1.165) is 37.8 Å². The van der Waals surface area contributed by atoms with Gasteiger partial charge < -0.3 is 10.4 Å². The Morgan fingerprint density at radius 2 is 1.76 bits per heavy atom. The Bertz CT molecular complexity index is 491. The minimum Gasteiger partial charge on any atom is -0.396 e. The van der Waals surface area contributed by atoms with Crippen molar-refractivity contribution in [2.24, 2.45) is 5.41 Å². The quantitative estimate of drug-likeness (QED) is 0.898. The summed E-state index contributed by atoms with van der Waals surface area (Å²) >= 11 is 0. The highest BCUT2D eigenvalue weighted by Gasteiger charge is 2.34. The van der Waals surface area contributed by atoms with Gasteiger partial charge >= 0.3 is 6.18 Å². The van der Waals surface area contributed by atoms with Crippen LogP contribution in [0, 0.1) is 5.41 Å². The number of hydrogen-bond acceptors (Lipinski definition) is 2. The van der Waals surface area contributed by atoms with E-state index in [9.17, 15) is 23.1 Å². The molecule has 1 amide bonds. The standard InChI is InChI=1S/C15H18F3NO2/c16-15(17,18)12-5-3-11(4-6-12)13(21)19-9-14(10-20)7-1-2-8-14/h3-6,20H,1-2,7-10H2,(H,19,21). The molecule has 0 aromatic heterocycles. The Morgan fingerprint density at radius 1 is 1.19 bits per heavy atom. The molecule has 1 aromatic carbocycles. The van der Waals surface area contributed by atoms with Crippen molar-refractivity contribution >= 4 is 5.91 Å². The molecule has 6 heteroatoms. The number of nitrogens with one attached hydrogen (secondary N) is 1. The summed E-state index contributed by atoms with van der Waals surface area (Å²) in [5.74, 6) is -0.413. The van der Waals surface area contributed by atoms with Crippen LogP contribution in [0.25, 0.3) is 0 Å². The van der Waals surface area contributed by atoms with Gasteiger partial charge in [-0.3, -0.25) is 4.79 Å². The zero-order valence-corrected chi connectivity index (χ0v) is 11.5. The van der Waals surface area contributed by atoms with E-state index in [1.807, 2.05) is 0 Å². The van der Waals surface area contributed by atoms with Crippen LogP contribution in [0.1, 0.15) is 41.6 Å². The first-order chi connectivity index (χ1) is 9.86. The zero-order chi connectivity index (χ0) is 15.5. The maximum atomic E-state index is 12.4. The number of aliphatic hydroxyl groups is 1. The molecular formula is C15H18F3NO2. The Balaban J connectivity index is 1.97. The number of hydrogen-bond donors (Lipinski definition) is 2. The monoisotopic (exact) mass is 301 g/mol. The van der Waals surface area contributed by atoms with E-state index < -0.39 is 17.6 Å². The first-order valence-electron chi connectivity index (χ1n) is 6.93. The van der Waals surface area contributed by atoms with Gasteiger partial charge in [-0.2, -0.15) is 13.2 Å². The van der Waals surface area contributed by atoms with E-state index in [4.69, 9.17) is 0 Å². The normalized spacial score (nSPS) is 17.7.